The Morgan fingerprint density at radius 3 is 2.45 bits per heavy atom. The van der Waals surface area contributed by atoms with Crippen LogP contribution in [-0.2, 0) is 0 Å². The third-order valence-electron chi connectivity index (χ3n) is 4.99. The molecule has 1 atom stereocenters. The minimum Gasteiger partial charge on any atom is -0.354 e. The summed E-state index contributed by atoms with van der Waals surface area (Å²) in [5, 5.41) is 4.12. The van der Waals surface area contributed by atoms with Crippen molar-refractivity contribution >= 4 is 0 Å². The first-order chi connectivity index (χ1) is 15.0. The molecular weight excluding hydrogens is 397 g/mol. The fourth-order valence-corrected chi connectivity index (χ4v) is 3.20. The maximum Gasteiger partial charge on any atom is 0.250 e. The van der Waals surface area contributed by atoms with Gasteiger partial charge in [0.05, 0.1) is 24.1 Å². The van der Waals surface area contributed by atoms with E-state index in [-0.39, 0.29) is 11.6 Å². The highest BCUT2D eigenvalue weighted by Gasteiger charge is 2.13. The molecular formula is C23H22FN5O2. The van der Waals surface area contributed by atoms with Gasteiger partial charge in [-0.05, 0) is 25.5 Å². The summed E-state index contributed by atoms with van der Waals surface area (Å²) in [6.07, 6.45) is 5.00. The van der Waals surface area contributed by atoms with Gasteiger partial charge in [0.25, 0.3) is 5.56 Å². The van der Waals surface area contributed by atoms with Crippen molar-refractivity contribution in [3.8, 4) is 34.0 Å². The van der Waals surface area contributed by atoms with Crippen LogP contribution in [0.5, 0.6) is 0 Å². The van der Waals surface area contributed by atoms with Gasteiger partial charge in [-0.3, -0.25) is 9.78 Å². The normalized spacial score (nSPS) is 12.3. The van der Waals surface area contributed by atoms with E-state index in [2.05, 4.69) is 15.1 Å². The second-order valence-corrected chi connectivity index (χ2v) is 7.51. The van der Waals surface area contributed by atoms with Crippen molar-refractivity contribution in [2.75, 3.05) is 6.67 Å². The number of benzene rings is 1. The molecule has 0 radical (unpaired) electrons. The minimum atomic E-state index is -0.634. The number of nitrogens with zero attached hydrogens (tertiary/aromatic N) is 4. The van der Waals surface area contributed by atoms with Gasteiger partial charge in [0.2, 0.25) is 0 Å². The monoisotopic (exact) mass is 419 g/mol. The van der Waals surface area contributed by atoms with E-state index in [4.69, 9.17) is 10.3 Å². The van der Waals surface area contributed by atoms with E-state index < -0.39 is 12.7 Å². The smallest absolute Gasteiger partial charge is 0.250 e. The second kappa shape index (κ2) is 8.61. The second-order valence-electron chi connectivity index (χ2n) is 7.51. The van der Waals surface area contributed by atoms with Gasteiger partial charge in [0, 0.05) is 35.5 Å². The van der Waals surface area contributed by atoms with Crippen LogP contribution in [0.2, 0.25) is 0 Å². The summed E-state index contributed by atoms with van der Waals surface area (Å²) < 4.78 is 19.9. The number of halogens is 1. The largest absolute Gasteiger partial charge is 0.354 e. The molecule has 0 aliphatic carbocycles. The summed E-state index contributed by atoms with van der Waals surface area (Å²) >= 11 is 0. The Balaban J connectivity index is 1.63. The number of nitrogens with two attached hydrogens (primary N) is 1. The van der Waals surface area contributed by atoms with Gasteiger partial charge in [0.15, 0.2) is 5.76 Å². The van der Waals surface area contributed by atoms with E-state index in [1.165, 1.54) is 6.07 Å². The molecule has 1 aromatic carbocycles. The van der Waals surface area contributed by atoms with Crippen LogP contribution < -0.4 is 11.3 Å². The van der Waals surface area contributed by atoms with Gasteiger partial charge >= 0.3 is 0 Å². The molecule has 0 saturated heterocycles. The summed E-state index contributed by atoms with van der Waals surface area (Å²) in [4.78, 5) is 20.9. The van der Waals surface area contributed by atoms with Gasteiger partial charge < -0.3 is 14.8 Å². The minimum absolute atomic E-state index is 0.0336. The van der Waals surface area contributed by atoms with Crippen molar-refractivity contribution in [2.24, 2.45) is 5.73 Å². The first kappa shape index (κ1) is 20.6. The Bertz CT molecular complexity index is 1250. The van der Waals surface area contributed by atoms with Crippen molar-refractivity contribution in [2.45, 2.75) is 25.9 Å². The van der Waals surface area contributed by atoms with Crippen LogP contribution in [-0.4, -0.2) is 26.4 Å². The summed E-state index contributed by atoms with van der Waals surface area (Å²) in [7, 11) is 0. The topological polar surface area (TPSA) is 99.8 Å². The maximum absolute atomic E-state index is 12.7. The summed E-state index contributed by atoms with van der Waals surface area (Å²) in [5.41, 5.74) is 9.73. The first-order valence-electron chi connectivity index (χ1n) is 9.90. The average Bonchev–Trinajstić information content (AvgIpc) is 3.29. The van der Waals surface area contributed by atoms with E-state index in [1.807, 2.05) is 26.0 Å². The molecule has 8 heteroatoms. The highest BCUT2D eigenvalue weighted by molar-refractivity contribution is 5.66. The molecule has 0 aliphatic heterocycles. The SMILES string of the molecule is CC(C)n1cc(-c2cncc(-c3cc(-c4ccc(C(N)CF)cc4)no3)n2)ccc1=O. The third kappa shape index (κ3) is 4.29. The van der Waals surface area contributed by atoms with E-state index in [0.717, 1.165) is 16.7 Å². The van der Waals surface area contributed by atoms with E-state index in [1.54, 1.807) is 47.4 Å². The van der Waals surface area contributed by atoms with Gasteiger partial charge in [-0.2, -0.15) is 0 Å². The molecule has 2 N–H and O–H groups in total. The molecule has 4 rings (SSSR count). The number of pyridine rings is 1. The average molecular weight is 419 g/mol. The zero-order valence-electron chi connectivity index (χ0n) is 17.2. The van der Waals surface area contributed by atoms with Crippen LogP contribution in [0.15, 0.2) is 70.4 Å². The molecule has 31 heavy (non-hydrogen) atoms. The molecule has 1 unspecified atom stereocenters. The van der Waals surface area contributed by atoms with Crippen LogP contribution in [0.4, 0.5) is 4.39 Å². The predicted octanol–water partition coefficient (Wildman–Crippen LogP) is 4.18. The van der Waals surface area contributed by atoms with E-state index >= 15 is 0 Å². The lowest BCUT2D eigenvalue weighted by Crippen LogP contribution is -2.20. The molecule has 0 aliphatic rings. The standard InChI is InChI=1S/C23H22FN5O2/c1-14(2)29-13-17(7-8-23(29)30)20-11-26-12-21(27-20)22-9-19(28-31-22)16-5-3-15(4-6-16)18(25)10-24/h3-9,11-14,18H,10,25H2,1-2H3. The third-order valence-corrected chi connectivity index (χ3v) is 4.99. The van der Waals surface area contributed by atoms with Crippen LogP contribution >= 0.6 is 0 Å². The molecule has 0 spiro atoms. The Kier molecular flexibility index (Phi) is 5.73. The van der Waals surface area contributed by atoms with Crippen LogP contribution in [0.3, 0.4) is 0 Å². The van der Waals surface area contributed by atoms with Crippen LogP contribution in [0, 0.1) is 0 Å². The Labute approximate surface area is 178 Å². The van der Waals surface area contributed by atoms with Gasteiger partial charge in [-0.15, -0.1) is 0 Å². The number of alkyl halides is 1. The van der Waals surface area contributed by atoms with Crippen LogP contribution in [0.1, 0.15) is 31.5 Å². The Morgan fingerprint density at radius 2 is 1.74 bits per heavy atom. The quantitative estimate of drug-likeness (QED) is 0.503. The summed E-state index contributed by atoms with van der Waals surface area (Å²) in [6, 6.07) is 11.6. The summed E-state index contributed by atoms with van der Waals surface area (Å²) in [5.74, 6) is 0.464. The zero-order valence-corrected chi connectivity index (χ0v) is 17.2. The number of hydrogen-bond acceptors (Lipinski definition) is 6. The zero-order chi connectivity index (χ0) is 22.0. The van der Waals surface area contributed by atoms with Crippen molar-refractivity contribution in [3.63, 3.8) is 0 Å². The fraction of sp³-hybridized carbons (Fsp3) is 0.217. The molecule has 0 fully saturated rings. The predicted molar refractivity (Wildman–Crippen MR) is 116 cm³/mol. The molecule has 4 aromatic rings. The molecule has 0 saturated carbocycles. The number of aromatic nitrogens is 4. The van der Waals surface area contributed by atoms with E-state index in [0.29, 0.717) is 22.8 Å². The molecule has 0 amide bonds. The van der Waals surface area contributed by atoms with Gasteiger partial charge in [0.1, 0.15) is 18.1 Å². The summed E-state index contributed by atoms with van der Waals surface area (Å²) in [6.45, 7) is 3.28. The van der Waals surface area contributed by atoms with Crippen molar-refractivity contribution in [3.05, 3.63) is 77.0 Å². The lowest BCUT2D eigenvalue weighted by Gasteiger charge is -2.11. The van der Waals surface area contributed by atoms with Crippen molar-refractivity contribution in [1.82, 2.24) is 19.7 Å². The molecule has 7 nitrogen and oxygen atoms in total. The number of rotatable bonds is 6. The Morgan fingerprint density at radius 1 is 1.03 bits per heavy atom. The first-order valence-corrected chi connectivity index (χ1v) is 9.90. The van der Waals surface area contributed by atoms with Gasteiger partial charge in [-0.1, -0.05) is 29.4 Å². The maximum atomic E-state index is 12.7. The molecule has 3 heterocycles. The molecule has 3 aromatic heterocycles. The lowest BCUT2D eigenvalue weighted by molar-refractivity contribution is 0.433. The van der Waals surface area contributed by atoms with Gasteiger partial charge in [-0.25, -0.2) is 9.37 Å². The molecule has 0 bridgehead atoms. The van der Waals surface area contributed by atoms with E-state index in [9.17, 15) is 9.18 Å². The van der Waals surface area contributed by atoms with Crippen molar-refractivity contribution in [1.29, 1.82) is 0 Å². The highest BCUT2D eigenvalue weighted by atomic mass is 19.1. The molecule has 158 valence electrons. The Hall–Kier alpha value is -3.65. The highest BCUT2D eigenvalue weighted by Crippen LogP contribution is 2.27. The lowest BCUT2D eigenvalue weighted by atomic mass is 10.0. The number of hydrogen-bond donors (Lipinski definition) is 1. The fourth-order valence-electron chi connectivity index (χ4n) is 3.20. The van der Waals surface area contributed by atoms with Crippen LogP contribution in [0.25, 0.3) is 34.0 Å². The van der Waals surface area contributed by atoms with Crippen molar-refractivity contribution < 1.29 is 8.91 Å².